The summed E-state index contributed by atoms with van der Waals surface area (Å²) in [5.74, 6) is 1.03. The van der Waals surface area contributed by atoms with Crippen LogP contribution in [0.4, 0.5) is 5.82 Å². The number of nitrogens with zero attached hydrogens (tertiary/aromatic N) is 4. The monoisotopic (exact) mass is 430 g/mol. The molecule has 0 saturated carbocycles. The Kier molecular flexibility index (Phi) is 6.08. The second-order valence-electron chi connectivity index (χ2n) is 7.53. The predicted octanol–water partition coefficient (Wildman–Crippen LogP) is 2.39. The first-order valence-electron chi connectivity index (χ1n) is 9.73. The molecule has 6 heteroatoms. The number of hydrogen-bond acceptors (Lipinski definition) is 5. The van der Waals surface area contributed by atoms with E-state index in [0.29, 0.717) is 0 Å². The van der Waals surface area contributed by atoms with Crippen LogP contribution in [-0.4, -0.2) is 71.8 Å². The van der Waals surface area contributed by atoms with E-state index in [9.17, 15) is 5.11 Å². The Morgan fingerprint density at radius 2 is 1.67 bits per heavy atom. The lowest BCUT2D eigenvalue weighted by Gasteiger charge is -2.37. The Morgan fingerprint density at radius 1 is 0.926 bits per heavy atom. The zero-order chi connectivity index (χ0) is 18.6. The Morgan fingerprint density at radius 3 is 2.41 bits per heavy atom. The molecule has 1 N–H and O–H groups in total. The molecule has 1 atom stereocenters. The maximum Gasteiger partial charge on any atom is 0.128 e. The quantitative estimate of drug-likeness (QED) is 0.788. The topological polar surface area (TPSA) is 42.8 Å². The van der Waals surface area contributed by atoms with Gasteiger partial charge in [-0.15, -0.1) is 0 Å². The molecule has 0 aliphatic carbocycles. The summed E-state index contributed by atoms with van der Waals surface area (Å²) in [7, 11) is 0. The molecular formula is C21H27BrN4O. The van der Waals surface area contributed by atoms with Gasteiger partial charge in [0.2, 0.25) is 0 Å². The van der Waals surface area contributed by atoms with Gasteiger partial charge >= 0.3 is 0 Å². The number of pyridine rings is 1. The summed E-state index contributed by atoms with van der Waals surface area (Å²) in [5, 5.41) is 10.6. The maximum absolute atomic E-state index is 10.6. The SMILES string of the molecule is OC(CN1CCN(c2ccc(Br)cn2)CC1)CN1CCc2ccccc2C1. The second-order valence-corrected chi connectivity index (χ2v) is 8.45. The molecule has 2 aromatic rings. The van der Waals surface area contributed by atoms with E-state index in [-0.39, 0.29) is 6.10 Å². The normalized spacial score (nSPS) is 19.7. The summed E-state index contributed by atoms with van der Waals surface area (Å²) in [4.78, 5) is 11.6. The smallest absolute Gasteiger partial charge is 0.128 e. The van der Waals surface area contributed by atoms with E-state index >= 15 is 0 Å². The van der Waals surface area contributed by atoms with Gasteiger partial charge in [-0.05, 0) is 45.6 Å². The second kappa shape index (κ2) is 8.69. The fourth-order valence-electron chi connectivity index (χ4n) is 4.08. The Bertz CT molecular complexity index is 746. The van der Waals surface area contributed by atoms with Crippen LogP contribution in [0.15, 0.2) is 47.1 Å². The molecule has 3 heterocycles. The van der Waals surface area contributed by atoms with Crippen molar-refractivity contribution < 1.29 is 5.11 Å². The number of rotatable bonds is 5. The summed E-state index contributed by atoms with van der Waals surface area (Å²) in [6, 6.07) is 12.8. The third-order valence-corrected chi connectivity index (χ3v) is 6.02. The number of benzene rings is 1. The van der Waals surface area contributed by atoms with Gasteiger partial charge in [0.05, 0.1) is 6.10 Å². The van der Waals surface area contributed by atoms with E-state index in [2.05, 4.69) is 65.9 Å². The van der Waals surface area contributed by atoms with Crippen LogP contribution in [0.5, 0.6) is 0 Å². The van der Waals surface area contributed by atoms with Gasteiger partial charge in [0.25, 0.3) is 0 Å². The minimum absolute atomic E-state index is 0.299. The molecule has 0 spiro atoms. The standard InChI is InChI=1S/C21H27BrN4O/c22-19-5-6-21(23-13-19)26-11-9-24(10-12-26)15-20(27)16-25-8-7-17-3-1-2-4-18(17)14-25/h1-6,13,20,27H,7-12,14-16H2. The number of β-amino-alcohol motifs (C(OH)–C–C–N with tert-alkyl or cyclic N) is 1. The first-order valence-corrected chi connectivity index (χ1v) is 10.5. The Labute approximate surface area is 169 Å². The molecule has 144 valence electrons. The Hall–Kier alpha value is -1.47. The zero-order valence-electron chi connectivity index (χ0n) is 15.6. The summed E-state index contributed by atoms with van der Waals surface area (Å²) in [5.41, 5.74) is 2.87. The summed E-state index contributed by atoms with van der Waals surface area (Å²) < 4.78 is 1.01. The van der Waals surface area contributed by atoms with Gasteiger partial charge in [-0.2, -0.15) is 0 Å². The Balaban J connectivity index is 1.23. The number of anilines is 1. The van der Waals surface area contributed by atoms with Gasteiger partial charge in [0.1, 0.15) is 5.82 Å². The van der Waals surface area contributed by atoms with Gasteiger partial charge in [-0.3, -0.25) is 9.80 Å². The van der Waals surface area contributed by atoms with Crippen molar-refractivity contribution in [1.82, 2.24) is 14.8 Å². The van der Waals surface area contributed by atoms with Crippen molar-refractivity contribution in [2.24, 2.45) is 0 Å². The van der Waals surface area contributed by atoms with E-state index in [1.165, 1.54) is 11.1 Å². The number of hydrogen-bond donors (Lipinski definition) is 1. The first-order chi connectivity index (χ1) is 13.2. The van der Waals surface area contributed by atoms with Crippen LogP contribution in [-0.2, 0) is 13.0 Å². The molecular weight excluding hydrogens is 404 g/mol. The number of halogens is 1. The third-order valence-electron chi connectivity index (χ3n) is 5.56. The molecule has 0 bridgehead atoms. The number of aliphatic hydroxyl groups is 1. The van der Waals surface area contributed by atoms with Crippen molar-refractivity contribution in [2.75, 3.05) is 50.7 Å². The molecule has 5 nitrogen and oxygen atoms in total. The maximum atomic E-state index is 10.6. The summed E-state index contributed by atoms with van der Waals surface area (Å²) in [6.45, 7) is 7.35. The number of fused-ring (bicyclic) bond motifs is 1. The van der Waals surface area contributed by atoms with Crippen LogP contribution in [0.1, 0.15) is 11.1 Å². The number of aliphatic hydroxyl groups excluding tert-OH is 1. The molecule has 1 fully saturated rings. The minimum atomic E-state index is -0.299. The molecule has 1 aromatic carbocycles. The zero-order valence-corrected chi connectivity index (χ0v) is 17.2. The molecule has 0 amide bonds. The van der Waals surface area contributed by atoms with Gasteiger partial charge in [0, 0.05) is 63.0 Å². The molecule has 2 aliphatic heterocycles. The highest BCUT2D eigenvalue weighted by molar-refractivity contribution is 9.10. The van der Waals surface area contributed by atoms with Crippen LogP contribution in [0, 0.1) is 0 Å². The third kappa shape index (κ3) is 4.88. The average molecular weight is 431 g/mol. The highest BCUT2D eigenvalue weighted by Gasteiger charge is 2.23. The highest BCUT2D eigenvalue weighted by atomic mass is 79.9. The average Bonchev–Trinajstić information content (AvgIpc) is 2.69. The summed E-state index contributed by atoms with van der Waals surface area (Å²) in [6.07, 6.45) is 2.64. The van der Waals surface area contributed by atoms with E-state index in [1.807, 2.05) is 12.3 Å². The number of aromatic nitrogens is 1. The van der Waals surface area contributed by atoms with Crippen LogP contribution in [0.3, 0.4) is 0 Å². The van der Waals surface area contributed by atoms with Crippen LogP contribution >= 0.6 is 15.9 Å². The van der Waals surface area contributed by atoms with Crippen molar-refractivity contribution >= 4 is 21.7 Å². The van der Waals surface area contributed by atoms with Gasteiger partial charge in [-0.25, -0.2) is 4.98 Å². The minimum Gasteiger partial charge on any atom is -0.390 e. The fraction of sp³-hybridized carbons (Fsp3) is 0.476. The largest absolute Gasteiger partial charge is 0.390 e. The van der Waals surface area contributed by atoms with E-state index < -0.39 is 0 Å². The van der Waals surface area contributed by atoms with Crippen LogP contribution in [0.2, 0.25) is 0 Å². The molecule has 1 saturated heterocycles. The van der Waals surface area contributed by atoms with E-state index in [4.69, 9.17) is 0 Å². The summed E-state index contributed by atoms with van der Waals surface area (Å²) >= 11 is 3.43. The lowest BCUT2D eigenvalue weighted by molar-refractivity contribution is 0.0672. The van der Waals surface area contributed by atoms with E-state index in [0.717, 1.165) is 69.1 Å². The number of piperazine rings is 1. The van der Waals surface area contributed by atoms with Gasteiger partial charge in [0.15, 0.2) is 0 Å². The van der Waals surface area contributed by atoms with Crippen molar-refractivity contribution in [1.29, 1.82) is 0 Å². The van der Waals surface area contributed by atoms with Crippen molar-refractivity contribution in [3.63, 3.8) is 0 Å². The highest BCUT2D eigenvalue weighted by Crippen LogP contribution is 2.19. The molecule has 1 unspecified atom stereocenters. The van der Waals surface area contributed by atoms with Crippen molar-refractivity contribution in [3.8, 4) is 0 Å². The van der Waals surface area contributed by atoms with Gasteiger partial charge in [-0.1, -0.05) is 24.3 Å². The molecule has 27 heavy (non-hydrogen) atoms. The van der Waals surface area contributed by atoms with Crippen molar-refractivity contribution in [3.05, 3.63) is 58.2 Å². The van der Waals surface area contributed by atoms with Gasteiger partial charge < -0.3 is 10.0 Å². The lowest BCUT2D eigenvalue weighted by Crippen LogP contribution is -2.50. The molecule has 4 rings (SSSR count). The lowest BCUT2D eigenvalue weighted by atomic mass is 10.00. The first kappa shape index (κ1) is 18.9. The molecule has 0 radical (unpaired) electrons. The van der Waals surface area contributed by atoms with Crippen LogP contribution < -0.4 is 4.90 Å². The van der Waals surface area contributed by atoms with Crippen LogP contribution in [0.25, 0.3) is 0 Å². The molecule has 1 aromatic heterocycles. The molecule has 2 aliphatic rings. The van der Waals surface area contributed by atoms with Crippen molar-refractivity contribution in [2.45, 2.75) is 19.1 Å². The van der Waals surface area contributed by atoms with E-state index in [1.54, 1.807) is 0 Å². The fourth-order valence-corrected chi connectivity index (χ4v) is 4.31. The predicted molar refractivity (Wildman–Crippen MR) is 112 cm³/mol.